The maximum atomic E-state index is 9.86. The molecule has 1 unspecified atom stereocenters. The number of nitrogens with one attached hydrogen (secondary N) is 1. The highest BCUT2D eigenvalue weighted by atomic mass is 35.5. The van der Waals surface area contributed by atoms with E-state index in [1.54, 1.807) is 19.2 Å². The van der Waals surface area contributed by atoms with Gasteiger partial charge in [0.1, 0.15) is 13.2 Å². The molecule has 1 aromatic rings. The summed E-state index contributed by atoms with van der Waals surface area (Å²) in [5, 5.41) is 13.2. The second-order valence-electron chi connectivity index (χ2n) is 3.59. The lowest BCUT2D eigenvalue weighted by Crippen LogP contribution is -2.19. The van der Waals surface area contributed by atoms with Gasteiger partial charge in [0, 0.05) is 18.2 Å². The topological polar surface area (TPSA) is 50.7 Å². The first-order valence-corrected chi connectivity index (χ1v) is 5.52. The summed E-state index contributed by atoms with van der Waals surface area (Å²) in [5.41, 5.74) is 0.653. The summed E-state index contributed by atoms with van der Waals surface area (Å²) >= 11 is 6.07. The van der Waals surface area contributed by atoms with Gasteiger partial charge in [0.2, 0.25) is 0 Å². The average molecular weight is 244 g/mol. The van der Waals surface area contributed by atoms with E-state index >= 15 is 0 Å². The minimum Gasteiger partial charge on any atom is -0.486 e. The molecule has 0 spiro atoms. The van der Waals surface area contributed by atoms with Crippen molar-refractivity contribution < 1.29 is 14.6 Å². The number of halogens is 1. The van der Waals surface area contributed by atoms with Crippen molar-refractivity contribution in [2.45, 2.75) is 6.10 Å². The molecule has 2 N–H and O–H groups in total. The van der Waals surface area contributed by atoms with E-state index in [1.807, 2.05) is 0 Å². The number of aliphatic hydroxyl groups excluding tert-OH is 1. The van der Waals surface area contributed by atoms with Crippen LogP contribution in [0.3, 0.4) is 0 Å². The number of rotatable bonds is 3. The van der Waals surface area contributed by atoms with Gasteiger partial charge in [0.15, 0.2) is 11.5 Å². The van der Waals surface area contributed by atoms with Gasteiger partial charge in [-0.25, -0.2) is 0 Å². The SMILES string of the molecule is CNCC(O)c1cc2c(cc1Cl)OCCO2. The Bertz CT molecular complexity index is 384. The van der Waals surface area contributed by atoms with Gasteiger partial charge >= 0.3 is 0 Å². The van der Waals surface area contributed by atoms with Crippen LogP contribution >= 0.6 is 11.6 Å². The number of ether oxygens (including phenoxy) is 2. The third kappa shape index (κ3) is 2.24. The fourth-order valence-corrected chi connectivity index (χ4v) is 1.92. The van der Waals surface area contributed by atoms with E-state index in [0.717, 1.165) is 0 Å². The summed E-state index contributed by atoms with van der Waals surface area (Å²) < 4.78 is 10.8. The monoisotopic (exact) mass is 243 g/mol. The Morgan fingerprint density at radius 1 is 1.38 bits per heavy atom. The smallest absolute Gasteiger partial charge is 0.162 e. The quantitative estimate of drug-likeness (QED) is 0.842. The molecule has 0 bridgehead atoms. The molecule has 1 aromatic carbocycles. The normalized spacial score (nSPS) is 15.9. The number of aliphatic hydroxyl groups is 1. The maximum absolute atomic E-state index is 9.86. The van der Waals surface area contributed by atoms with E-state index in [-0.39, 0.29) is 0 Å². The minimum absolute atomic E-state index is 0.444. The molecule has 0 saturated carbocycles. The number of hydrogen-bond acceptors (Lipinski definition) is 4. The van der Waals surface area contributed by atoms with E-state index in [2.05, 4.69) is 5.32 Å². The molecule has 0 saturated heterocycles. The lowest BCUT2D eigenvalue weighted by atomic mass is 10.1. The predicted octanol–water partition coefficient (Wildman–Crippen LogP) is 1.36. The minimum atomic E-state index is -0.645. The van der Waals surface area contributed by atoms with Crippen molar-refractivity contribution in [3.05, 3.63) is 22.7 Å². The van der Waals surface area contributed by atoms with Gasteiger partial charge in [0.25, 0.3) is 0 Å². The van der Waals surface area contributed by atoms with Gasteiger partial charge in [-0.2, -0.15) is 0 Å². The van der Waals surface area contributed by atoms with Crippen LogP contribution < -0.4 is 14.8 Å². The van der Waals surface area contributed by atoms with Gasteiger partial charge in [-0.1, -0.05) is 11.6 Å². The zero-order valence-electron chi connectivity index (χ0n) is 9.00. The van der Waals surface area contributed by atoms with Gasteiger partial charge in [-0.3, -0.25) is 0 Å². The van der Waals surface area contributed by atoms with Crippen molar-refractivity contribution in [2.24, 2.45) is 0 Å². The second-order valence-corrected chi connectivity index (χ2v) is 4.00. The van der Waals surface area contributed by atoms with Gasteiger partial charge in [-0.15, -0.1) is 0 Å². The molecule has 1 atom stereocenters. The van der Waals surface area contributed by atoms with Crippen LogP contribution in [-0.4, -0.2) is 31.9 Å². The summed E-state index contributed by atoms with van der Waals surface area (Å²) in [6.45, 7) is 1.50. The van der Waals surface area contributed by atoms with Crippen LogP contribution in [0.25, 0.3) is 0 Å². The molecule has 0 aliphatic carbocycles. The van der Waals surface area contributed by atoms with Crippen LogP contribution in [-0.2, 0) is 0 Å². The molecule has 16 heavy (non-hydrogen) atoms. The van der Waals surface area contributed by atoms with Crippen molar-refractivity contribution in [3.8, 4) is 11.5 Å². The molecule has 2 rings (SSSR count). The number of benzene rings is 1. The Morgan fingerprint density at radius 3 is 2.62 bits per heavy atom. The number of hydrogen-bond donors (Lipinski definition) is 2. The fourth-order valence-electron chi connectivity index (χ4n) is 1.64. The maximum Gasteiger partial charge on any atom is 0.162 e. The molecule has 0 amide bonds. The highest BCUT2D eigenvalue weighted by molar-refractivity contribution is 6.31. The molecule has 5 heteroatoms. The van der Waals surface area contributed by atoms with E-state index in [0.29, 0.717) is 41.8 Å². The van der Waals surface area contributed by atoms with Crippen molar-refractivity contribution in [3.63, 3.8) is 0 Å². The molecule has 0 radical (unpaired) electrons. The van der Waals surface area contributed by atoms with Gasteiger partial charge in [0.05, 0.1) is 11.1 Å². The van der Waals surface area contributed by atoms with Crippen LogP contribution in [0.4, 0.5) is 0 Å². The zero-order valence-corrected chi connectivity index (χ0v) is 9.75. The summed E-state index contributed by atoms with van der Waals surface area (Å²) in [5.74, 6) is 1.28. The van der Waals surface area contributed by atoms with Crippen molar-refractivity contribution in [2.75, 3.05) is 26.8 Å². The lowest BCUT2D eigenvalue weighted by Gasteiger charge is -2.21. The molecule has 4 nitrogen and oxygen atoms in total. The van der Waals surface area contributed by atoms with Crippen LogP contribution in [0.15, 0.2) is 12.1 Å². The number of likely N-dealkylation sites (N-methyl/N-ethyl adjacent to an activating group) is 1. The van der Waals surface area contributed by atoms with E-state index in [1.165, 1.54) is 0 Å². The van der Waals surface area contributed by atoms with Gasteiger partial charge in [-0.05, 0) is 13.1 Å². The highest BCUT2D eigenvalue weighted by Crippen LogP contribution is 2.37. The van der Waals surface area contributed by atoms with Crippen LogP contribution in [0.2, 0.25) is 5.02 Å². The van der Waals surface area contributed by atoms with Gasteiger partial charge < -0.3 is 19.9 Å². The first-order valence-electron chi connectivity index (χ1n) is 5.14. The summed E-state index contributed by atoms with van der Waals surface area (Å²) in [6.07, 6.45) is -0.645. The Morgan fingerprint density at radius 2 is 2.00 bits per heavy atom. The third-order valence-electron chi connectivity index (χ3n) is 2.42. The molecule has 88 valence electrons. The third-order valence-corrected chi connectivity index (χ3v) is 2.75. The highest BCUT2D eigenvalue weighted by Gasteiger charge is 2.18. The molecule has 1 heterocycles. The first kappa shape index (κ1) is 11.5. The van der Waals surface area contributed by atoms with Crippen LogP contribution in [0, 0.1) is 0 Å². The van der Waals surface area contributed by atoms with Crippen molar-refractivity contribution >= 4 is 11.6 Å². The summed E-state index contributed by atoms with van der Waals surface area (Å²) in [4.78, 5) is 0. The standard InChI is InChI=1S/C11H14ClNO3/c1-13-6-9(14)7-4-10-11(5-8(7)12)16-3-2-15-10/h4-5,9,13-14H,2-3,6H2,1H3. The van der Waals surface area contributed by atoms with E-state index < -0.39 is 6.10 Å². The Kier molecular flexibility index (Phi) is 3.53. The van der Waals surface area contributed by atoms with Crippen molar-refractivity contribution in [1.29, 1.82) is 0 Å². The summed E-state index contributed by atoms with van der Waals surface area (Å²) in [6, 6.07) is 3.42. The second kappa shape index (κ2) is 4.91. The molecular weight excluding hydrogens is 230 g/mol. The Labute approximate surface area is 99.1 Å². The predicted molar refractivity (Wildman–Crippen MR) is 61.3 cm³/mol. The molecular formula is C11H14ClNO3. The fraction of sp³-hybridized carbons (Fsp3) is 0.455. The molecule has 0 aromatic heterocycles. The summed E-state index contributed by atoms with van der Waals surface area (Å²) in [7, 11) is 1.77. The van der Waals surface area contributed by atoms with Crippen molar-refractivity contribution in [1.82, 2.24) is 5.32 Å². The first-order chi connectivity index (χ1) is 7.72. The Balaban J connectivity index is 2.31. The Hall–Kier alpha value is -0.970. The number of fused-ring (bicyclic) bond motifs is 1. The van der Waals surface area contributed by atoms with Crippen LogP contribution in [0.5, 0.6) is 11.5 Å². The van der Waals surface area contributed by atoms with Crippen LogP contribution in [0.1, 0.15) is 11.7 Å². The average Bonchev–Trinajstić information content (AvgIpc) is 2.28. The lowest BCUT2D eigenvalue weighted by molar-refractivity contribution is 0.164. The van der Waals surface area contributed by atoms with E-state index in [4.69, 9.17) is 21.1 Å². The molecule has 1 aliphatic rings. The molecule has 0 fully saturated rings. The molecule has 1 aliphatic heterocycles. The largest absolute Gasteiger partial charge is 0.486 e. The van der Waals surface area contributed by atoms with E-state index in [9.17, 15) is 5.11 Å². The zero-order chi connectivity index (χ0) is 11.5.